The third kappa shape index (κ3) is 3.78. The Bertz CT molecular complexity index is 446. The summed E-state index contributed by atoms with van der Waals surface area (Å²) in [6.45, 7) is 3.01. The third-order valence-electron chi connectivity index (χ3n) is 3.60. The Morgan fingerprint density at radius 1 is 1.68 bits per heavy atom. The molecule has 0 aromatic carbocycles. The van der Waals surface area contributed by atoms with E-state index in [2.05, 4.69) is 17.4 Å². The highest BCUT2D eigenvalue weighted by molar-refractivity contribution is 5.85. The average molecular weight is 268 g/mol. The van der Waals surface area contributed by atoms with Gasteiger partial charge in [0.05, 0.1) is 12.1 Å². The maximum absolute atomic E-state index is 10.6. The minimum Gasteiger partial charge on any atom is -0.476 e. The molecule has 106 valence electrons. The molecule has 0 bridgehead atoms. The molecule has 0 spiro atoms. The first kappa shape index (κ1) is 14.0. The van der Waals surface area contributed by atoms with E-state index in [-0.39, 0.29) is 5.69 Å². The highest BCUT2D eigenvalue weighted by Gasteiger charge is 2.32. The molecular weight excluding hydrogens is 248 g/mol. The topological polar surface area (TPSA) is 95.6 Å². The van der Waals surface area contributed by atoms with Crippen LogP contribution >= 0.6 is 0 Å². The van der Waals surface area contributed by atoms with Gasteiger partial charge in [-0.05, 0) is 18.8 Å². The number of nitrogens with zero attached hydrogens (tertiary/aromatic N) is 1. The van der Waals surface area contributed by atoms with Gasteiger partial charge in [0.2, 0.25) is 0 Å². The van der Waals surface area contributed by atoms with Crippen molar-refractivity contribution >= 4 is 5.97 Å². The second-order valence-electron chi connectivity index (χ2n) is 5.51. The van der Waals surface area contributed by atoms with Crippen molar-refractivity contribution in [2.24, 2.45) is 5.92 Å². The highest BCUT2D eigenvalue weighted by Crippen LogP contribution is 2.31. The molecule has 0 radical (unpaired) electrons. The van der Waals surface area contributed by atoms with Crippen molar-refractivity contribution in [3.05, 3.63) is 17.5 Å². The summed E-state index contributed by atoms with van der Waals surface area (Å²) in [7, 11) is 0. The van der Waals surface area contributed by atoms with E-state index in [0.29, 0.717) is 24.8 Å². The zero-order valence-electron chi connectivity index (χ0n) is 11.1. The predicted molar refractivity (Wildman–Crippen MR) is 67.8 cm³/mol. The first-order valence-electron chi connectivity index (χ1n) is 6.60. The number of carboxylic acid groups (broad SMARTS) is 1. The molecule has 0 aliphatic heterocycles. The fraction of sp³-hybridized carbons (Fsp3) is 0.692. The number of carboxylic acids is 1. The lowest BCUT2D eigenvalue weighted by Crippen LogP contribution is -2.43. The number of rotatable bonds is 5. The number of hydrogen-bond acceptors (Lipinski definition) is 5. The second-order valence-corrected chi connectivity index (χ2v) is 5.51. The van der Waals surface area contributed by atoms with E-state index >= 15 is 0 Å². The summed E-state index contributed by atoms with van der Waals surface area (Å²) < 4.78 is 4.89. The summed E-state index contributed by atoms with van der Waals surface area (Å²) in [4.78, 5) is 10.6. The molecule has 1 aliphatic rings. The Morgan fingerprint density at radius 3 is 3.11 bits per heavy atom. The van der Waals surface area contributed by atoms with E-state index in [0.717, 1.165) is 19.3 Å². The molecule has 19 heavy (non-hydrogen) atoms. The molecule has 1 aromatic rings. The number of aliphatic hydroxyl groups is 1. The lowest BCUT2D eigenvalue weighted by Gasteiger charge is -2.35. The minimum absolute atomic E-state index is 0.0956. The van der Waals surface area contributed by atoms with Crippen LogP contribution in [0.15, 0.2) is 10.6 Å². The molecule has 1 fully saturated rings. The minimum atomic E-state index is -1.10. The van der Waals surface area contributed by atoms with Crippen LogP contribution in [0, 0.1) is 5.92 Å². The van der Waals surface area contributed by atoms with Gasteiger partial charge in [0, 0.05) is 12.6 Å². The van der Waals surface area contributed by atoms with E-state index in [4.69, 9.17) is 9.63 Å². The quantitative estimate of drug-likeness (QED) is 0.747. The fourth-order valence-corrected chi connectivity index (χ4v) is 2.71. The molecule has 3 N–H and O–H groups in total. The van der Waals surface area contributed by atoms with Gasteiger partial charge in [-0.1, -0.05) is 24.9 Å². The van der Waals surface area contributed by atoms with Gasteiger partial charge >= 0.3 is 5.97 Å². The lowest BCUT2D eigenvalue weighted by molar-refractivity contribution is -0.0122. The number of aromatic nitrogens is 1. The summed E-state index contributed by atoms with van der Waals surface area (Å²) >= 11 is 0. The lowest BCUT2D eigenvalue weighted by atomic mass is 9.79. The monoisotopic (exact) mass is 268 g/mol. The van der Waals surface area contributed by atoms with E-state index in [1.807, 2.05) is 0 Å². The molecule has 1 saturated carbocycles. The van der Waals surface area contributed by atoms with Gasteiger partial charge in [-0.15, -0.1) is 0 Å². The zero-order valence-corrected chi connectivity index (χ0v) is 11.1. The molecule has 6 heteroatoms. The van der Waals surface area contributed by atoms with Crippen LogP contribution in [0.4, 0.5) is 0 Å². The maximum Gasteiger partial charge on any atom is 0.358 e. The molecular formula is C13H20N2O4. The molecule has 1 aliphatic carbocycles. The second kappa shape index (κ2) is 5.71. The predicted octanol–water partition coefficient (Wildman–Crippen LogP) is 1.40. The third-order valence-corrected chi connectivity index (χ3v) is 3.60. The van der Waals surface area contributed by atoms with Crippen LogP contribution in [-0.4, -0.2) is 33.5 Å². The summed E-state index contributed by atoms with van der Waals surface area (Å²) in [5.41, 5.74) is -0.755. The van der Waals surface area contributed by atoms with Crippen molar-refractivity contribution in [1.29, 1.82) is 0 Å². The molecule has 2 atom stereocenters. The summed E-state index contributed by atoms with van der Waals surface area (Å²) in [6, 6.07) is 1.39. The standard InChI is InChI=1S/C13H20N2O4/c1-9-3-2-4-13(18,6-9)8-14-7-10-5-11(12(16)17)15-19-10/h5,9,14,18H,2-4,6-8H2,1H3,(H,16,17). The first-order chi connectivity index (χ1) is 8.98. The van der Waals surface area contributed by atoms with Crippen LogP contribution in [0.25, 0.3) is 0 Å². The van der Waals surface area contributed by atoms with Gasteiger partial charge < -0.3 is 20.1 Å². The molecule has 1 aromatic heterocycles. The van der Waals surface area contributed by atoms with Gasteiger partial charge in [0.1, 0.15) is 0 Å². The van der Waals surface area contributed by atoms with Crippen LogP contribution in [-0.2, 0) is 6.54 Å². The smallest absolute Gasteiger partial charge is 0.358 e. The SMILES string of the molecule is CC1CCCC(O)(CNCc2cc(C(=O)O)no2)C1. The number of carbonyl (C=O) groups is 1. The summed E-state index contributed by atoms with van der Waals surface area (Å²) in [6.07, 6.45) is 3.83. The highest BCUT2D eigenvalue weighted by atomic mass is 16.5. The van der Waals surface area contributed by atoms with Gasteiger partial charge in [-0.2, -0.15) is 0 Å². The zero-order chi connectivity index (χ0) is 13.9. The van der Waals surface area contributed by atoms with Crippen LogP contribution < -0.4 is 5.32 Å². The van der Waals surface area contributed by atoms with Gasteiger partial charge in [0.25, 0.3) is 0 Å². The maximum atomic E-state index is 10.6. The number of nitrogens with one attached hydrogen (secondary N) is 1. The van der Waals surface area contributed by atoms with Crippen molar-refractivity contribution in [3.63, 3.8) is 0 Å². The van der Waals surface area contributed by atoms with E-state index < -0.39 is 11.6 Å². The van der Waals surface area contributed by atoms with Gasteiger partial charge in [-0.3, -0.25) is 0 Å². The molecule has 6 nitrogen and oxygen atoms in total. The Kier molecular flexibility index (Phi) is 4.21. The first-order valence-corrected chi connectivity index (χ1v) is 6.60. The Hall–Kier alpha value is -1.40. The van der Waals surface area contributed by atoms with Crippen LogP contribution in [0.1, 0.15) is 48.9 Å². The summed E-state index contributed by atoms with van der Waals surface area (Å²) in [5.74, 6) is -0.0935. The van der Waals surface area contributed by atoms with Crippen molar-refractivity contribution in [3.8, 4) is 0 Å². The fourth-order valence-electron chi connectivity index (χ4n) is 2.71. The van der Waals surface area contributed by atoms with E-state index in [1.54, 1.807) is 0 Å². The molecule has 0 amide bonds. The number of hydrogen-bond donors (Lipinski definition) is 3. The van der Waals surface area contributed by atoms with Crippen LogP contribution in [0.5, 0.6) is 0 Å². The van der Waals surface area contributed by atoms with Crippen LogP contribution in [0.2, 0.25) is 0 Å². The molecule has 0 saturated heterocycles. The molecule has 1 heterocycles. The normalized spacial score (nSPS) is 27.4. The van der Waals surface area contributed by atoms with Crippen molar-refractivity contribution in [2.45, 2.75) is 44.8 Å². The van der Waals surface area contributed by atoms with Gasteiger partial charge in [0.15, 0.2) is 11.5 Å². The Balaban J connectivity index is 1.80. The van der Waals surface area contributed by atoms with Crippen molar-refractivity contribution in [1.82, 2.24) is 10.5 Å². The van der Waals surface area contributed by atoms with E-state index in [9.17, 15) is 9.90 Å². The number of aromatic carboxylic acids is 1. The Labute approximate surface area is 111 Å². The van der Waals surface area contributed by atoms with Crippen molar-refractivity contribution in [2.75, 3.05) is 6.54 Å². The van der Waals surface area contributed by atoms with Gasteiger partial charge in [-0.25, -0.2) is 4.79 Å². The van der Waals surface area contributed by atoms with Crippen LogP contribution in [0.3, 0.4) is 0 Å². The largest absolute Gasteiger partial charge is 0.476 e. The molecule has 2 rings (SSSR count). The average Bonchev–Trinajstić information content (AvgIpc) is 2.77. The Morgan fingerprint density at radius 2 is 2.47 bits per heavy atom. The summed E-state index contributed by atoms with van der Waals surface area (Å²) in [5, 5.41) is 25.7. The van der Waals surface area contributed by atoms with E-state index in [1.165, 1.54) is 12.5 Å². The van der Waals surface area contributed by atoms with Crippen molar-refractivity contribution < 1.29 is 19.5 Å². The molecule has 2 unspecified atom stereocenters.